The Morgan fingerprint density at radius 2 is 2.17 bits per heavy atom. The molecular weight excluding hydrogens is 333 g/mol. The van der Waals surface area contributed by atoms with Crippen LogP contribution in [0.4, 0.5) is 4.39 Å². The summed E-state index contributed by atoms with van der Waals surface area (Å²) in [6.07, 6.45) is -1.71. The third-order valence-electron chi connectivity index (χ3n) is 3.48. The molecule has 0 aliphatic carbocycles. The molecule has 7 nitrogen and oxygen atoms in total. The van der Waals surface area contributed by atoms with E-state index in [0.29, 0.717) is 13.2 Å². The second-order valence-electron chi connectivity index (χ2n) is 5.07. The van der Waals surface area contributed by atoms with E-state index in [4.69, 9.17) is 25.8 Å². The molecule has 0 amide bonds. The smallest absolute Gasteiger partial charge is 0.233 e. The maximum absolute atomic E-state index is 14.4. The molecule has 1 heterocycles. The molecule has 1 fully saturated rings. The predicted molar refractivity (Wildman–Crippen MR) is 78.7 cm³/mol. The van der Waals surface area contributed by atoms with Crippen LogP contribution < -0.4 is 4.74 Å². The van der Waals surface area contributed by atoms with E-state index >= 15 is 0 Å². The van der Waals surface area contributed by atoms with Gasteiger partial charge in [-0.3, -0.25) is 10.1 Å². The van der Waals surface area contributed by atoms with Crippen LogP contribution in [0.5, 0.6) is 5.75 Å². The highest BCUT2D eigenvalue weighted by Crippen LogP contribution is 2.44. The zero-order valence-electron chi connectivity index (χ0n) is 12.7. The van der Waals surface area contributed by atoms with E-state index in [9.17, 15) is 19.6 Å². The molecule has 1 aliphatic heterocycles. The Morgan fingerprint density at radius 1 is 1.57 bits per heavy atom. The molecule has 9 heteroatoms. The lowest BCUT2D eigenvalue weighted by molar-refractivity contribution is -0.491. The maximum Gasteiger partial charge on any atom is 0.233 e. The Labute approximate surface area is 137 Å². The highest BCUT2D eigenvalue weighted by atomic mass is 35.5. The molecule has 1 saturated heterocycles. The van der Waals surface area contributed by atoms with Crippen LogP contribution in [0.2, 0.25) is 5.02 Å². The van der Waals surface area contributed by atoms with E-state index in [0.717, 1.165) is 0 Å². The average Bonchev–Trinajstić information content (AvgIpc) is 2.90. The third kappa shape index (κ3) is 3.55. The summed E-state index contributed by atoms with van der Waals surface area (Å²) in [6.45, 7) is 3.19. The minimum atomic E-state index is -1.71. The van der Waals surface area contributed by atoms with Crippen LogP contribution in [0.25, 0.3) is 0 Å². The maximum atomic E-state index is 14.4. The van der Waals surface area contributed by atoms with Crippen molar-refractivity contribution in [3.63, 3.8) is 0 Å². The first kappa shape index (κ1) is 17.9. The minimum Gasteiger partial charge on any atom is -0.493 e. The van der Waals surface area contributed by atoms with E-state index in [1.54, 1.807) is 13.8 Å². The fraction of sp³-hybridized carbons (Fsp3) is 0.571. The summed E-state index contributed by atoms with van der Waals surface area (Å²) >= 11 is 5.89. The molecule has 0 aromatic heterocycles. The van der Waals surface area contributed by atoms with Gasteiger partial charge in [0.05, 0.1) is 36.0 Å². The first-order chi connectivity index (χ1) is 10.8. The van der Waals surface area contributed by atoms with Gasteiger partial charge in [-0.1, -0.05) is 11.6 Å². The number of halogens is 2. The summed E-state index contributed by atoms with van der Waals surface area (Å²) < 4.78 is 30.9. The van der Waals surface area contributed by atoms with Crippen LogP contribution in [-0.4, -0.2) is 36.4 Å². The Balaban J connectivity index is 2.63. The second-order valence-corrected chi connectivity index (χ2v) is 5.48. The van der Waals surface area contributed by atoms with Gasteiger partial charge in [0.25, 0.3) is 0 Å². The number of aliphatic hydroxyl groups is 1. The van der Waals surface area contributed by atoms with E-state index in [-0.39, 0.29) is 28.5 Å². The summed E-state index contributed by atoms with van der Waals surface area (Å²) in [7, 11) is 0. The van der Waals surface area contributed by atoms with Crippen LogP contribution in [0.3, 0.4) is 0 Å². The molecule has 0 radical (unpaired) electrons. The van der Waals surface area contributed by atoms with Crippen LogP contribution in [-0.2, 0) is 15.3 Å². The average molecular weight is 350 g/mol. The fourth-order valence-electron chi connectivity index (χ4n) is 2.47. The summed E-state index contributed by atoms with van der Waals surface area (Å²) in [5.41, 5.74) is -0.0907. The van der Waals surface area contributed by atoms with Crippen molar-refractivity contribution in [2.45, 2.75) is 25.7 Å². The number of nitro groups is 1. The quantitative estimate of drug-likeness (QED) is 0.626. The molecule has 0 saturated carbocycles. The Bertz CT molecular complexity index is 605. The van der Waals surface area contributed by atoms with E-state index in [2.05, 4.69) is 0 Å². The topological polar surface area (TPSA) is 91.1 Å². The lowest BCUT2D eigenvalue weighted by atomic mass is 9.98. The molecule has 2 rings (SSSR count). The summed E-state index contributed by atoms with van der Waals surface area (Å²) in [5, 5.41) is 20.4. The van der Waals surface area contributed by atoms with Gasteiger partial charge in [-0.25, -0.2) is 4.39 Å². The van der Waals surface area contributed by atoms with Crippen molar-refractivity contribution < 1.29 is 28.6 Å². The number of rotatable bonds is 6. The van der Waals surface area contributed by atoms with Crippen LogP contribution >= 0.6 is 11.6 Å². The number of hydrogen-bond acceptors (Lipinski definition) is 6. The normalized spacial score (nSPS) is 18.0. The number of hydrogen-bond donors (Lipinski definition) is 1. The van der Waals surface area contributed by atoms with Gasteiger partial charge in [0.2, 0.25) is 6.54 Å². The molecule has 1 aromatic rings. The lowest BCUT2D eigenvalue weighted by Crippen LogP contribution is -2.25. The number of aliphatic hydroxyl groups excluding tert-OH is 1. The van der Waals surface area contributed by atoms with Crippen molar-refractivity contribution in [2.24, 2.45) is 0 Å². The van der Waals surface area contributed by atoms with Gasteiger partial charge in [0.15, 0.2) is 11.6 Å². The van der Waals surface area contributed by atoms with Gasteiger partial charge in [-0.2, -0.15) is 0 Å². The van der Waals surface area contributed by atoms with Gasteiger partial charge >= 0.3 is 0 Å². The standard InChI is InChI=1S/C14H17ClFNO6/c1-3-21-13-8(14(2)22-4-5-23-14)6-9(15)12(16)11(13)10(18)7-17(19)20/h6,10,18H,3-5,7H2,1-2H3/t10-/m0/s1. The van der Waals surface area contributed by atoms with Crippen molar-refractivity contribution in [1.29, 1.82) is 0 Å². The zero-order valence-corrected chi connectivity index (χ0v) is 13.4. The Hall–Kier alpha value is -1.48. The molecule has 1 aromatic carbocycles. The molecule has 0 spiro atoms. The first-order valence-electron chi connectivity index (χ1n) is 7.03. The fourth-order valence-corrected chi connectivity index (χ4v) is 2.68. The molecule has 23 heavy (non-hydrogen) atoms. The first-order valence-corrected chi connectivity index (χ1v) is 7.41. The van der Waals surface area contributed by atoms with Gasteiger partial charge < -0.3 is 19.3 Å². The van der Waals surface area contributed by atoms with E-state index in [1.165, 1.54) is 6.07 Å². The third-order valence-corrected chi connectivity index (χ3v) is 3.75. The van der Waals surface area contributed by atoms with Crippen molar-refractivity contribution >= 4 is 11.6 Å². The van der Waals surface area contributed by atoms with Crippen molar-refractivity contribution in [2.75, 3.05) is 26.4 Å². The SMILES string of the molecule is CCOc1c(C2(C)OCCO2)cc(Cl)c(F)c1[C@@H](O)C[N+](=O)[O-]. The van der Waals surface area contributed by atoms with Crippen molar-refractivity contribution in [3.05, 3.63) is 38.1 Å². The summed E-state index contributed by atoms with van der Waals surface area (Å²) in [5.74, 6) is -2.24. The highest BCUT2D eigenvalue weighted by molar-refractivity contribution is 6.31. The Morgan fingerprint density at radius 3 is 2.70 bits per heavy atom. The molecule has 1 atom stereocenters. The molecular formula is C14H17ClFNO6. The van der Waals surface area contributed by atoms with E-state index in [1.807, 2.05) is 0 Å². The Kier molecular flexibility index (Phi) is 5.41. The summed E-state index contributed by atoms with van der Waals surface area (Å²) in [4.78, 5) is 9.91. The van der Waals surface area contributed by atoms with Crippen LogP contribution in [0.15, 0.2) is 6.07 Å². The predicted octanol–water partition coefficient (Wildman–Crippen LogP) is 2.41. The minimum absolute atomic E-state index is 0.0480. The van der Waals surface area contributed by atoms with E-state index < -0.39 is 29.2 Å². The van der Waals surface area contributed by atoms with Gasteiger partial charge in [0, 0.05) is 4.92 Å². The van der Waals surface area contributed by atoms with Crippen molar-refractivity contribution in [1.82, 2.24) is 0 Å². The van der Waals surface area contributed by atoms with Crippen molar-refractivity contribution in [3.8, 4) is 5.75 Å². The van der Waals surface area contributed by atoms with Gasteiger partial charge in [-0.15, -0.1) is 0 Å². The monoisotopic (exact) mass is 349 g/mol. The largest absolute Gasteiger partial charge is 0.493 e. The zero-order chi connectivity index (χ0) is 17.2. The van der Waals surface area contributed by atoms with Gasteiger partial charge in [-0.05, 0) is 19.9 Å². The molecule has 0 unspecified atom stereocenters. The highest BCUT2D eigenvalue weighted by Gasteiger charge is 2.40. The number of ether oxygens (including phenoxy) is 3. The second kappa shape index (κ2) is 6.96. The lowest BCUT2D eigenvalue weighted by Gasteiger charge is -2.28. The molecule has 1 aliphatic rings. The summed E-state index contributed by atoms with van der Waals surface area (Å²) in [6, 6.07) is 1.29. The molecule has 1 N–H and O–H groups in total. The molecule has 128 valence electrons. The van der Waals surface area contributed by atoms with Gasteiger partial charge in [0.1, 0.15) is 11.9 Å². The number of nitrogens with zero attached hydrogens (tertiary/aromatic N) is 1. The van der Waals surface area contributed by atoms with Crippen LogP contribution in [0, 0.1) is 15.9 Å². The number of benzene rings is 1. The molecule has 0 bridgehead atoms. The van der Waals surface area contributed by atoms with Crippen LogP contribution in [0.1, 0.15) is 31.1 Å².